The van der Waals surface area contributed by atoms with Gasteiger partial charge in [-0.25, -0.2) is 9.59 Å². The highest BCUT2D eigenvalue weighted by molar-refractivity contribution is 5.83. The lowest BCUT2D eigenvalue weighted by Crippen LogP contribution is -2.51. The van der Waals surface area contributed by atoms with Crippen LogP contribution >= 0.6 is 0 Å². The van der Waals surface area contributed by atoms with Gasteiger partial charge in [-0.3, -0.25) is 0 Å². The summed E-state index contributed by atoms with van der Waals surface area (Å²) >= 11 is 0. The van der Waals surface area contributed by atoms with Gasteiger partial charge >= 0.3 is 12.1 Å². The van der Waals surface area contributed by atoms with Crippen molar-refractivity contribution in [1.29, 1.82) is 0 Å². The van der Waals surface area contributed by atoms with E-state index < -0.39 is 29.1 Å². The molecule has 1 amide bonds. The van der Waals surface area contributed by atoms with Crippen LogP contribution < -0.4 is 5.32 Å². The van der Waals surface area contributed by atoms with E-state index >= 15 is 0 Å². The third-order valence-corrected chi connectivity index (χ3v) is 2.43. The quantitative estimate of drug-likeness (QED) is 0.480. The molecular weight excluding hydrogens is 246 g/mol. The van der Waals surface area contributed by atoms with Crippen LogP contribution in [0.25, 0.3) is 0 Å². The number of rotatable bonds is 4. The summed E-state index contributed by atoms with van der Waals surface area (Å²) in [5.41, 5.74) is -1.74. The molecule has 0 saturated heterocycles. The van der Waals surface area contributed by atoms with Crippen LogP contribution in [0.4, 0.5) is 4.79 Å². The number of esters is 1. The first-order chi connectivity index (χ1) is 8.59. The van der Waals surface area contributed by atoms with E-state index in [1.54, 1.807) is 27.7 Å². The zero-order valence-corrected chi connectivity index (χ0v) is 12.1. The lowest BCUT2D eigenvalue weighted by Gasteiger charge is -2.30. The molecule has 5 nitrogen and oxygen atoms in total. The molecule has 0 unspecified atom stereocenters. The molecule has 1 N–H and O–H groups in total. The number of methoxy groups -OCH3 is 1. The summed E-state index contributed by atoms with van der Waals surface area (Å²) in [6, 6.07) is -1.06. The normalized spacial score (nSPS) is 15.4. The van der Waals surface area contributed by atoms with Gasteiger partial charge in [0.1, 0.15) is 11.6 Å². The molecule has 5 heteroatoms. The molecule has 0 saturated carbocycles. The Morgan fingerprint density at radius 3 is 2.21 bits per heavy atom. The highest BCUT2D eigenvalue weighted by Crippen LogP contribution is 2.23. The third kappa shape index (κ3) is 5.04. The Morgan fingerprint density at radius 2 is 1.89 bits per heavy atom. The molecule has 0 heterocycles. The second-order valence-electron chi connectivity index (χ2n) is 5.23. The average molecular weight is 267 g/mol. The van der Waals surface area contributed by atoms with E-state index in [0.29, 0.717) is 0 Å². The predicted molar refractivity (Wildman–Crippen MR) is 72.3 cm³/mol. The number of nitrogens with one attached hydrogen (secondary N) is 1. The van der Waals surface area contributed by atoms with Crippen molar-refractivity contribution in [2.45, 2.75) is 39.3 Å². The van der Waals surface area contributed by atoms with Gasteiger partial charge in [0.2, 0.25) is 0 Å². The number of hydrogen-bond donors (Lipinski definition) is 1. The van der Waals surface area contributed by atoms with Crippen molar-refractivity contribution in [1.82, 2.24) is 5.32 Å². The van der Waals surface area contributed by atoms with Crippen molar-refractivity contribution in [3.63, 3.8) is 0 Å². The first kappa shape index (κ1) is 17.0. The van der Waals surface area contributed by atoms with Gasteiger partial charge in [0.25, 0.3) is 0 Å². The summed E-state index contributed by atoms with van der Waals surface area (Å²) in [5.74, 6) is 1.76. The van der Waals surface area contributed by atoms with E-state index in [1.165, 1.54) is 13.2 Å². The second-order valence-corrected chi connectivity index (χ2v) is 5.23. The fourth-order valence-corrected chi connectivity index (χ4v) is 1.26. The molecule has 19 heavy (non-hydrogen) atoms. The summed E-state index contributed by atoms with van der Waals surface area (Å²) in [4.78, 5) is 23.5. The van der Waals surface area contributed by atoms with E-state index in [9.17, 15) is 9.59 Å². The van der Waals surface area contributed by atoms with E-state index in [2.05, 4.69) is 22.6 Å². The molecule has 0 spiro atoms. The number of alkyl carbamates (subject to hydrolysis) is 1. The van der Waals surface area contributed by atoms with Crippen LogP contribution in [-0.4, -0.2) is 30.8 Å². The zero-order valence-electron chi connectivity index (χ0n) is 12.1. The molecule has 0 rings (SSSR count). The Bertz CT molecular complexity index is 403. The van der Waals surface area contributed by atoms with Crippen LogP contribution in [0.15, 0.2) is 12.7 Å². The molecule has 2 atom stereocenters. The zero-order chi connectivity index (χ0) is 15.3. The van der Waals surface area contributed by atoms with Crippen LogP contribution in [0, 0.1) is 17.8 Å². The summed E-state index contributed by atoms with van der Waals surface area (Å²) < 4.78 is 9.73. The molecule has 0 aromatic carbocycles. The Kier molecular flexibility index (Phi) is 5.63. The first-order valence-corrected chi connectivity index (χ1v) is 5.78. The maximum Gasteiger partial charge on any atom is 0.408 e. The van der Waals surface area contributed by atoms with Gasteiger partial charge in [0.05, 0.1) is 12.5 Å². The summed E-state index contributed by atoms with van der Waals surface area (Å²) in [6.07, 6.45) is 6.06. The minimum Gasteiger partial charge on any atom is -0.467 e. The number of ether oxygens (including phenoxy) is 2. The Labute approximate surface area is 114 Å². The molecule has 0 fully saturated rings. The third-order valence-electron chi connectivity index (χ3n) is 2.43. The van der Waals surface area contributed by atoms with Crippen molar-refractivity contribution in [3.05, 3.63) is 12.7 Å². The number of carbonyl (C=O) groups is 2. The number of amides is 1. The van der Waals surface area contributed by atoms with Crippen molar-refractivity contribution in [2.75, 3.05) is 7.11 Å². The van der Waals surface area contributed by atoms with Crippen LogP contribution in [-0.2, 0) is 14.3 Å². The van der Waals surface area contributed by atoms with Crippen molar-refractivity contribution >= 4 is 12.1 Å². The van der Waals surface area contributed by atoms with Crippen LogP contribution in [0.2, 0.25) is 0 Å². The van der Waals surface area contributed by atoms with Crippen molar-refractivity contribution in [2.24, 2.45) is 5.41 Å². The molecule has 0 aliphatic rings. The Balaban J connectivity index is 5.11. The predicted octanol–water partition coefficient (Wildman–Crippen LogP) is 1.88. The molecule has 0 aromatic rings. The minimum atomic E-state index is -1.07. The average Bonchev–Trinajstić information content (AvgIpc) is 2.32. The van der Waals surface area contributed by atoms with E-state index in [4.69, 9.17) is 11.2 Å². The Morgan fingerprint density at radius 1 is 1.37 bits per heavy atom. The molecule has 0 aliphatic heterocycles. The highest BCUT2D eigenvalue weighted by atomic mass is 16.6. The number of hydrogen-bond acceptors (Lipinski definition) is 4. The Hall–Kier alpha value is -1.96. The topological polar surface area (TPSA) is 64.6 Å². The SMILES string of the molecule is C#C[C@](C)(C=C)[C@H](NC(=O)OC(C)(C)C)C(=O)OC. The molecule has 0 aliphatic carbocycles. The molecule has 0 aromatic heterocycles. The maximum atomic E-state index is 11.7. The van der Waals surface area contributed by atoms with Crippen LogP contribution in [0.5, 0.6) is 0 Å². The maximum absolute atomic E-state index is 11.7. The van der Waals surface area contributed by atoms with Crippen LogP contribution in [0.1, 0.15) is 27.7 Å². The van der Waals surface area contributed by atoms with Crippen molar-refractivity contribution < 1.29 is 19.1 Å². The van der Waals surface area contributed by atoms with E-state index in [-0.39, 0.29) is 0 Å². The fourth-order valence-electron chi connectivity index (χ4n) is 1.26. The van der Waals surface area contributed by atoms with Gasteiger partial charge in [0.15, 0.2) is 0 Å². The highest BCUT2D eigenvalue weighted by Gasteiger charge is 2.38. The summed E-state index contributed by atoms with van der Waals surface area (Å²) in [5, 5.41) is 2.42. The van der Waals surface area contributed by atoms with Gasteiger partial charge in [-0.05, 0) is 27.7 Å². The largest absolute Gasteiger partial charge is 0.467 e. The molecule has 0 bridgehead atoms. The monoisotopic (exact) mass is 267 g/mol. The summed E-state index contributed by atoms with van der Waals surface area (Å²) in [7, 11) is 1.21. The smallest absolute Gasteiger partial charge is 0.408 e. The summed E-state index contributed by atoms with van der Waals surface area (Å²) in [6.45, 7) is 10.3. The van der Waals surface area contributed by atoms with E-state index in [0.717, 1.165) is 0 Å². The number of terminal acetylenes is 1. The lowest BCUT2D eigenvalue weighted by atomic mass is 9.83. The van der Waals surface area contributed by atoms with Gasteiger partial charge < -0.3 is 14.8 Å². The minimum absolute atomic E-state index is 0.661. The fraction of sp³-hybridized carbons (Fsp3) is 0.571. The standard InChI is InChI=1S/C14H21NO4/c1-8-14(6,9-2)10(11(16)18-7)15-12(17)19-13(3,4)5/h1,9-10H,2H2,3-7H3,(H,15,17)/t10-,14-/m1/s1. The molecular formula is C14H21NO4. The first-order valence-electron chi connectivity index (χ1n) is 5.78. The van der Waals surface area contributed by atoms with Gasteiger partial charge in [-0.15, -0.1) is 13.0 Å². The lowest BCUT2D eigenvalue weighted by molar-refractivity contribution is -0.144. The molecule has 0 radical (unpaired) electrons. The van der Waals surface area contributed by atoms with Gasteiger partial charge in [-0.2, -0.15) is 0 Å². The van der Waals surface area contributed by atoms with Gasteiger partial charge in [0, 0.05) is 0 Å². The van der Waals surface area contributed by atoms with Crippen LogP contribution in [0.3, 0.4) is 0 Å². The molecule has 106 valence electrons. The van der Waals surface area contributed by atoms with E-state index in [1.807, 2.05) is 0 Å². The second kappa shape index (κ2) is 6.28. The van der Waals surface area contributed by atoms with Gasteiger partial charge in [-0.1, -0.05) is 12.0 Å². The number of carbonyl (C=O) groups excluding carboxylic acids is 2. The van der Waals surface area contributed by atoms with Crippen molar-refractivity contribution in [3.8, 4) is 12.3 Å².